The first-order valence-corrected chi connectivity index (χ1v) is 10.8. The number of rotatable bonds is 8. The highest BCUT2D eigenvalue weighted by atomic mass is 32.2. The monoisotopic (exact) mass is 384 g/mol. The Kier molecular flexibility index (Phi) is 9.10. The molecule has 0 amide bonds. The molecular formula is C17H28N4O2S2. The molecule has 0 saturated heterocycles. The summed E-state index contributed by atoms with van der Waals surface area (Å²) >= 11 is 3.47. The summed E-state index contributed by atoms with van der Waals surface area (Å²) in [6.07, 6.45) is 6.62. The van der Waals surface area contributed by atoms with E-state index in [1.807, 2.05) is 18.5 Å². The highest BCUT2D eigenvalue weighted by Crippen LogP contribution is 2.25. The van der Waals surface area contributed by atoms with Crippen LogP contribution in [0, 0.1) is 5.92 Å². The lowest BCUT2D eigenvalue weighted by Crippen LogP contribution is -2.45. The van der Waals surface area contributed by atoms with Crippen molar-refractivity contribution < 1.29 is 9.53 Å². The maximum absolute atomic E-state index is 11.8. The molecule has 1 aromatic rings. The van der Waals surface area contributed by atoms with E-state index in [1.54, 1.807) is 30.1 Å². The number of thiazole rings is 1. The van der Waals surface area contributed by atoms with Gasteiger partial charge in [0.1, 0.15) is 4.34 Å². The molecule has 1 fully saturated rings. The second-order valence-electron chi connectivity index (χ2n) is 5.94. The molecular weight excluding hydrogens is 356 g/mol. The number of aromatic nitrogens is 1. The van der Waals surface area contributed by atoms with E-state index >= 15 is 0 Å². The Morgan fingerprint density at radius 2 is 2.24 bits per heavy atom. The molecule has 1 aliphatic rings. The molecule has 0 unspecified atom stereocenters. The van der Waals surface area contributed by atoms with Crippen molar-refractivity contribution in [2.75, 3.05) is 26.0 Å². The molecule has 0 spiro atoms. The number of aliphatic imine (C=N–C) groups is 1. The van der Waals surface area contributed by atoms with Crippen LogP contribution >= 0.6 is 23.1 Å². The van der Waals surface area contributed by atoms with Crippen LogP contribution in [0.1, 0.15) is 39.0 Å². The molecule has 1 heterocycles. The average Bonchev–Trinajstić information content (AvgIpc) is 3.14. The zero-order valence-corrected chi connectivity index (χ0v) is 16.6. The predicted molar refractivity (Wildman–Crippen MR) is 104 cm³/mol. The fraction of sp³-hybridized carbons (Fsp3) is 0.706. The second kappa shape index (κ2) is 11.4. The summed E-state index contributed by atoms with van der Waals surface area (Å²) in [6, 6.07) is 0.376. The summed E-state index contributed by atoms with van der Waals surface area (Å²) in [4.78, 5) is 20.4. The Morgan fingerprint density at radius 3 is 2.88 bits per heavy atom. The van der Waals surface area contributed by atoms with Crippen LogP contribution in [-0.2, 0) is 9.53 Å². The predicted octanol–water partition coefficient (Wildman–Crippen LogP) is 2.91. The summed E-state index contributed by atoms with van der Waals surface area (Å²) in [5, 5.41) is 8.84. The molecule has 0 aliphatic heterocycles. The van der Waals surface area contributed by atoms with Crippen LogP contribution in [0.15, 0.2) is 20.9 Å². The fourth-order valence-electron chi connectivity index (χ4n) is 2.84. The van der Waals surface area contributed by atoms with Gasteiger partial charge in [-0.1, -0.05) is 11.8 Å². The lowest BCUT2D eigenvalue weighted by molar-refractivity contribution is -0.149. The largest absolute Gasteiger partial charge is 0.466 e. The minimum atomic E-state index is -0.0406. The molecule has 0 aromatic carbocycles. The summed E-state index contributed by atoms with van der Waals surface area (Å²) < 4.78 is 6.25. The molecule has 0 radical (unpaired) electrons. The van der Waals surface area contributed by atoms with Gasteiger partial charge >= 0.3 is 5.97 Å². The third kappa shape index (κ3) is 7.23. The van der Waals surface area contributed by atoms with Crippen molar-refractivity contribution in [2.24, 2.45) is 10.9 Å². The highest BCUT2D eigenvalue weighted by molar-refractivity contribution is 8.00. The highest BCUT2D eigenvalue weighted by Gasteiger charge is 2.27. The normalized spacial score (nSPS) is 21.0. The van der Waals surface area contributed by atoms with Gasteiger partial charge in [-0.3, -0.25) is 9.79 Å². The van der Waals surface area contributed by atoms with Crippen LogP contribution in [-0.4, -0.2) is 48.9 Å². The summed E-state index contributed by atoms with van der Waals surface area (Å²) in [5.41, 5.74) is 0. The maximum atomic E-state index is 11.8. The third-order valence-electron chi connectivity index (χ3n) is 4.16. The Bertz CT molecular complexity index is 529. The number of carbonyl (C=O) groups excluding carboxylic acids is 1. The van der Waals surface area contributed by atoms with Crippen molar-refractivity contribution in [1.82, 2.24) is 15.6 Å². The van der Waals surface area contributed by atoms with Crippen molar-refractivity contribution in [1.29, 1.82) is 0 Å². The molecule has 140 valence electrons. The van der Waals surface area contributed by atoms with Gasteiger partial charge in [-0.25, -0.2) is 4.98 Å². The first kappa shape index (κ1) is 20.0. The standard InChI is InChI=1S/C17H28N4O2S2/c1-3-23-15(22)13-5-7-14(8-6-13)21-16(18-2)19-9-4-11-24-17-20-10-12-25-17/h10,12-14H,3-9,11H2,1-2H3,(H2,18,19,21). The molecule has 25 heavy (non-hydrogen) atoms. The summed E-state index contributed by atoms with van der Waals surface area (Å²) in [7, 11) is 1.80. The van der Waals surface area contributed by atoms with Crippen LogP contribution in [0.25, 0.3) is 0 Å². The van der Waals surface area contributed by atoms with Crippen molar-refractivity contribution in [2.45, 2.75) is 49.4 Å². The number of hydrogen-bond donors (Lipinski definition) is 2. The van der Waals surface area contributed by atoms with E-state index < -0.39 is 0 Å². The molecule has 2 N–H and O–H groups in total. The number of thioether (sulfide) groups is 1. The first-order valence-electron chi connectivity index (χ1n) is 8.89. The van der Waals surface area contributed by atoms with Gasteiger partial charge in [-0.2, -0.15) is 0 Å². The Hall–Kier alpha value is -1.28. The number of nitrogens with one attached hydrogen (secondary N) is 2. The second-order valence-corrected chi connectivity index (χ2v) is 8.18. The number of guanidine groups is 1. The van der Waals surface area contributed by atoms with E-state index in [2.05, 4.69) is 20.6 Å². The van der Waals surface area contributed by atoms with Gasteiger partial charge in [0, 0.05) is 37.0 Å². The van der Waals surface area contributed by atoms with Crippen LogP contribution in [0.4, 0.5) is 0 Å². The van der Waals surface area contributed by atoms with Gasteiger partial charge in [0.15, 0.2) is 5.96 Å². The summed E-state index contributed by atoms with van der Waals surface area (Å²) in [6.45, 7) is 3.21. The molecule has 2 rings (SSSR count). The first-order chi connectivity index (χ1) is 12.2. The molecule has 6 nitrogen and oxygen atoms in total. The van der Waals surface area contributed by atoms with E-state index in [0.29, 0.717) is 12.6 Å². The zero-order valence-electron chi connectivity index (χ0n) is 15.0. The van der Waals surface area contributed by atoms with Crippen LogP contribution in [0.3, 0.4) is 0 Å². The van der Waals surface area contributed by atoms with Crippen LogP contribution in [0.5, 0.6) is 0 Å². The SMILES string of the molecule is CCOC(=O)C1CCC(NC(=NC)NCCCSc2nccs2)CC1. The number of hydrogen-bond acceptors (Lipinski definition) is 6. The van der Waals surface area contributed by atoms with Crippen molar-refractivity contribution in [3.8, 4) is 0 Å². The van der Waals surface area contributed by atoms with Crippen LogP contribution < -0.4 is 10.6 Å². The topological polar surface area (TPSA) is 75.6 Å². The Labute approximate surface area is 158 Å². The number of nitrogens with zero attached hydrogens (tertiary/aromatic N) is 2. The average molecular weight is 385 g/mol. The van der Waals surface area contributed by atoms with Crippen molar-refractivity contribution in [3.63, 3.8) is 0 Å². The van der Waals surface area contributed by atoms with Gasteiger partial charge in [-0.05, 0) is 39.0 Å². The van der Waals surface area contributed by atoms with E-state index in [0.717, 1.165) is 54.7 Å². The van der Waals surface area contributed by atoms with Crippen molar-refractivity contribution in [3.05, 3.63) is 11.6 Å². The minimum absolute atomic E-state index is 0.0406. The fourth-order valence-corrected chi connectivity index (χ4v) is 4.49. The smallest absolute Gasteiger partial charge is 0.308 e. The number of ether oxygens (including phenoxy) is 1. The minimum Gasteiger partial charge on any atom is -0.466 e. The van der Waals surface area contributed by atoms with Gasteiger partial charge in [0.2, 0.25) is 0 Å². The van der Waals surface area contributed by atoms with Gasteiger partial charge in [-0.15, -0.1) is 11.3 Å². The molecule has 1 aliphatic carbocycles. The van der Waals surface area contributed by atoms with Gasteiger partial charge in [0.05, 0.1) is 12.5 Å². The van der Waals surface area contributed by atoms with Gasteiger partial charge < -0.3 is 15.4 Å². The van der Waals surface area contributed by atoms with Crippen molar-refractivity contribution >= 4 is 35.0 Å². The molecule has 1 saturated carbocycles. The molecule has 0 atom stereocenters. The van der Waals surface area contributed by atoms with E-state index in [1.165, 1.54) is 0 Å². The number of esters is 1. The summed E-state index contributed by atoms with van der Waals surface area (Å²) in [5.74, 6) is 1.91. The molecule has 1 aromatic heterocycles. The Balaban J connectivity index is 1.59. The third-order valence-corrected chi connectivity index (χ3v) is 6.21. The van der Waals surface area contributed by atoms with E-state index in [9.17, 15) is 4.79 Å². The maximum Gasteiger partial charge on any atom is 0.308 e. The quantitative estimate of drug-likeness (QED) is 0.236. The van der Waals surface area contributed by atoms with Crippen LogP contribution in [0.2, 0.25) is 0 Å². The van der Waals surface area contributed by atoms with E-state index in [-0.39, 0.29) is 11.9 Å². The lowest BCUT2D eigenvalue weighted by atomic mass is 9.86. The van der Waals surface area contributed by atoms with E-state index in [4.69, 9.17) is 4.74 Å². The Morgan fingerprint density at radius 1 is 1.44 bits per heavy atom. The zero-order chi connectivity index (χ0) is 17.9. The number of carbonyl (C=O) groups is 1. The molecule has 8 heteroatoms. The van der Waals surface area contributed by atoms with Gasteiger partial charge in [0.25, 0.3) is 0 Å². The lowest BCUT2D eigenvalue weighted by Gasteiger charge is -2.29. The molecule has 0 bridgehead atoms.